The van der Waals surface area contributed by atoms with Crippen LogP contribution in [-0.2, 0) is 13.6 Å². The number of nitrogens with one attached hydrogen (secondary N) is 1. The van der Waals surface area contributed by atoms with Gasteiger partial charge >= 0.3 is 6.36 Å². The second kappa shape index (κ2) is 8.88. The third-order valence-electron chi connectivity index (χ3n) is 5.86. The lowest BCUT2D eigenvalue weighted by Gasteiger charge is -2.17. The summed E-state index contributed by atoms with van der Waals surface area (Å²) in [6.07, 6.45) is 2.36. The Labute approximate surface area is 189 Å². The van der Waals surface area contributed by atoms with Crippen LogP contribution in [0.4, 0.5) is 13.2 Å². The van der Waals surface area contributed by atoms with Gasteiger partial charge in [-0.2, -0.15) is 0 Å². The summed E-state index contributed by atoms with van der Waals surface area (Å²) in [4.78, 5) is 17.7. The van der Waals surface area contributed by atoms with Crippen molar-refractivity contribution < 1.29 is 22.7 Å². The van der Waals surface area contributed by atoms with E-state index in [4.69, 9.17) is 5.41 Å². The molecule has 3 aromatic rings. The van der Waals surface area contributed by atoms with Crippen molar-refractivity contribution in [2.45, 2.75) is 45.0 Å². The molecule has 1 N–H and O–H groups in total. The molecule has 1 atom stereocenters. The van der Waals surface area contributed by atoms with Gasteiger partial charge in [-0.15, -0.1) is 13.2 Å². The van der Waals surface area contributed by atoms with E-state index < -0.39 is 12.1 Å². The van der Waals surface area contributed by atoms with Crippen molar-refractivity contribution in [3.63, 3.8) is 0 Å². The van der Waals surface area contributed by atoms with Crippen molar-refractivity contribution in [1.29, 1.82) is 5.41 Å². The Hall–Kier alpha value is -3.36. The number of Topliss-reactive ketones (excluding diaryl/α,β-unsaturated/α-hetero) is 1. The van der Waals surface area contributed by atoms with Crippen LogP contribution in [0.15, 0.2) is 48.9 Å². The Morgan fingerprint density at radius 3 is 2.61 bits per heavy atom. The minimum atomic E-state index is -4.87. The molecule has 0 spiro atoms. The smallest absolute Gasteiger partial charge is 0.406 e. The van der Waals surface area contributed by atoms with E-state index in [2.05, 4.69) is 9.72 Å². The van der Waals surface area contributed by atoms with Crippen LogP contribution in [0.3, 0.4) is 0 Å². The number of imidazole rings is 1. The number of ether oxygens (including phenoxy) is 1. The molecule has 1 aliphatic rings. The number of carbonyl (C=O) groups is 1. The van der Waals surface area contributed by atoms with Crippen LogP contribution in [-0.4, -0.2) is 26.3 Å². The maximum atomic E-state index is 13.2. The monoisotopic (exact) mass is 458 g/mol. The Morgan fingerprint density at radius 2 is 2.00 bits per heavy atom. The summed E-state index contributed by atoms with van der Waals surface area (Å²) in [5.74, 6) is -0.421. The van der Waals surface area contributed by atoms with E-state index in [1.165, 1.54) is 6.07 Å². The topological polar surface area (TPSA) is 72.9 Å². The second-order valence-electron chi connectivity index (χ2n) is 8.60. The lowest BCUT2D eigenvalue weighted by atomic mass is 9.90. The van der Waals surface area contributed by atoms with Gasteiger partial charge in [0.1, 0.15) is 5.75 Å². The fourth-order valence-corrected chi connectivity index (χ4v) is 4.05. The van der Waals surface area contributed by atoms with Crippen LogP contribution < -0.4 is 10.4 Å². The first-order valence-corrected chi connectivity index (χ1v) is 10.7. The molecule has 174 valence electrons. The standard InChI is InChI=1S/C24H25F3N4O2/c1-15-5-6-29-21(9-15)20(17-3-4-17)13-22(32)18-10-16(11-19(12-18)33-24(25,26)27)14-31-8-7-30(2)23(31)28/h5-12,17,20,28H,3-4,13-14H2,1-2H3. The van der Waals surface area contributed by atoms with Gasteiger partial charge in [-0.05, 0) is 67.1 Å². The number of aromatic nitrogens is 3. The van der Waals surface area contributed by atoms with Gasteiger partial charge in [-0.3, -0.25) is 15.2 Å². The molecule has 2 heterocycles. The molecule has 0 saturated heterocycles. The molecular weight excluding hydrogens is 433 g/mol. The molecule has 1 aromatic carbocycles. The Morgan fingerprint density at radius 1 is 1.24 bits per heavy atom. The summed E-state index contributed by atoms with van der Waals surface area (Å²) in [6.45, 7) is 2.10. The molecule has 1 fully saturated rings. The van der Waals surface area contributed by atoms with E-state index in [1.54, 1.807) is 40.8 Å². The lowest BCUT2D eigenvalue weighted by molar-refractivity contribution is -0.274. The minimum absolute atomic E-state index is 0.0728. The van der Waals surface area contributed by atoms with E-state index in [-0.39, 0.29) is 35.8 Å². The number of nitrogens with zero attached hydrogens (tertiary/aromatic N) is 3. The minimum Gasteiger partial charge on any atom is -0.406 e. The molecule has 0 aliphatic heterocycles. The van der Waals surface area contributed by atoms with Gasteiger partial charge in [-0.25, -0.2) is 0 Å². The molecule has 0 bridgehead atoms. The molecule has 9 heteroatoms. The van der Waals surface area contributed by atoms with Crippen molar-refractivity contribution in [2.24, 2.45) is 13.0 Å². The van der Waals surface area contributed by atoms with Gasteiger partial charge in [0.15, 0.2) is 5.78 Å². The van der Waals surface area contributed by atoms with Crippen LogP contribution in [0, 0.1) is 18.3 Å². The van der Waals surface area contributed by atoms with E-state index in [9.17, 15) is 18.0 Å². The third kappa shape index (κ3) is 5.71. The molecule has 1 aliphatic carbocycles. The zero-order chi connectivity index (χ0) is 23.8. The SMILES string of the molecule is Cc1ccnc(C(CC(=O)c2cc(Cn3ccn(C)c3=N)cc(OC(F)(F)F)c2)C2CC2)c1. The van der Waals surface area contributed by atoms with E-state index in [0.717, 1.165) is 30.2 Å². The first kappa shape index (κ1) is 22.8. The van der Waals surface area contributed by atoms with Crippen LogP contribution in [0.5, 0.6) is 5.75 Å². The maximum Gasteiger partial charge on any atom is 0.573 e. The van der Waals surface area contributed by atoms with Gasteiger partial charge in [0.25, 0.3) is 0 Å². The highest BCUT2D eigenvalue weighted by molar-refractivity contribution is 5.97. The zero-order valence-electron chi connectivity index (χ0n) is 18.4. The normalized spacial score (nSPS) is 14.8. The van der Waals surface area contributed by atoms with Crippen LogP contribution >= 0.6 is 0 Å². The number of hydrogen-bond donors (Lipinski definition) is 1. The Balaban J connectivity index is 1.64. The van der Waals surface area contributed by atoms with Crippen molar-refractivity contribution >= 4 is 5.78 Å². The Bertz CT molecular complexity index is 1220. The van der Waals surface area contributed by atoms with Crippen LogP contribution in [0.2, 0.25) is 0 Å². The van der Waals surface area contributed by atoms with Gasteiger partial charge in [0, 0.05) is 49.2 Å². The molecule has 33 heavy (non-hydrogen) atoms. The number of benzene rings is 1. The highest BCUT2D eigenvalue weighted by Gasteiger charge is 2.35. The highest BCUT2D eigenvalue weighted by atomic mass is 19.4. The highest BCUT2D eigenvalue weighted by Crippen LogP contribution is 2.44. The average molecular weight is 458 g/mol. The lowest BCUT2D eigenvalue weighted by Crippen LogP contribution is -2.23. The number of rotatable bonds is 8. The van der Waals surface area contributed by atoms with Crippen molar-refractivity contribution in [2.75, 3.05) is 0 Å². The number of hydrogen-bond acceptors (Lipinski definition) is 4. The largest absolute Gasteiger partial charge is 0.573 e. The summed E-state index contributed by atoms with van der Waals surface area (Å²) >= 11 is 0. The summed E-state index contributed by atoms with van der Waals surface area (Å²) in [5.41, 5.74) is 2.68. The molecule has 6 nitrogen and oxygen atoms in total. The number of aryl methyl sites for hydroxylation is 2. The average Bonchev–Trinajstić information content (AvgIpc) is 3.53. The summed E-state index contributed by atoms with van der Waals surface area (Å²) < 4.78 is 46.1. The zero-order valence-corrected chi connectivity index (χ0v) is 18.4. The molecular formula is C24H25F3N4O2. The number of alkyl halides is 3. The van der Waals surface area contributed by atoms with Crippen molar-refractivity contribution in [3.05, 3.63) is 76.9 Å². The van der Waals surface area contributed by atoms with Crippen molar-refractivity contribution in [1.82, 2.24) is 14.1 Å². The predicted molar refractivity (Wildman–Crippen MR) is 115 cm³/mol. The fourth-order valence-electron chi connectivity index (χ4n) is 4.05. The molecule has 0 radical (unpaired) electrons. The van der Waals surface area contributed by atoms with E-state index in [0.29, 0.717) is 11.5 Å². The first-order valence-electron chi connectivity index (χ1n) is 10.7. The predicted octanol–water partition coefficient (Wildman–Crippen LogP) is 4.72. The fraction of sp³-hybridized carbons (Fsp3) is 0.375. The van der Waals surface area contributed by atoms with Gasteiger partial charge in [-0.1, -0.05) is 0 Å². The van der Waals surface area contributed by atoms with Gasteiger partial charge < -0.3 is 13.9 Å². The van der Waals surface area contributed by atoms with Crippen LogP contribution in [0.1, 0.15) is 52.4 Å². The third-order valence-corrected chi connectivity index (χ3v) is 5.86. The molecule has 4 rings (SSSR count). The number of ketones is 1. The maximum absolute atomic E-state index is 13.2. The summed E-state index contributed by atoms with van der Waals surface area (Å²) in [7, 11) is 1.70. The number of halogens is 3. The molecule has 0 amide bonds. The number of carbonyl (C=O) groups excluding carboxylic acids is 1. The second-order valence-corrected chi connectivity index (χ2v) is 8.60. The molecule has 1 saturated carbocycles. The van der Waals surface area contributed by atoms with Gasteiger partial charge in [0.05, 0.1) is 6.54 Å². The Kier molecular flexibility index (Phi) is 6.14. The quantitative estimate of drug-likeness (QED) is 0.497. The summed E-state index contributed by atoms with van der Waals surface area (Å²) in [6, 6.07) is 7.83. The van der Waals surface area contributed by atoms with E-state index >= 15 is 0 Å². The van der Waals surface area contributed by atoms with Crippen molar-refractivity contribution in [3.8, 4) is 5.75 Å². The molecule has 1 unspecified atom stereocenters. The molecule has 2 aromatic heterocycles. The first-order chi connectivity index (χ1) is 15.6. The van der Waals surface area contributed by atoms with Crippen LogP contribution in [0.25, 0.3) is 0 Å². The summed E-state index contributed by atoms with van der Waals surface area (Å²) in [5, 5.41) is 8.06. The van der Waals surface area contributed by atoms with E-state index in [1.807, 2.05) is 19.1 Å². The number of pyridine rings is 1. The van der Waals surface area contributed by atoms with Gasteiger partial charge in [0.2, 0.25) is 5.62 Å².